The Hall–Kier alpha value is -2.89. The van der Waals surface area contributed by atoms with Crippen LogP contribution < -0.4 is 10.8 Å². The normalized spacial score (nSPS) is 17.6. The lowest BCUT2D eigenvalue weighted by atomic mass is 9.78. The van der Waals surface area contributed by atoms with Gasteiger partial charge in [-0.15, -0.1) is 0 Å². The second-order valence-corrected chi connectivity index (χ2v) is 7.91. The topological polar surface area (TPSA) is 84.5 Å². The second-order valence-electron chi connectivity index (χ2n) is 7.91. The van der Waals surface area contributed by atoms with E-state index in [1.54, 1.807) is 23.0 Å². The van der Waals surface area contributed by atoms with Crippen molar-refractivity contribution in [3.05, 3.63) is 42.2 Å². The van der Waals surface area contributed by atoms with Crippen LogP contribution in [0, 0.1) is 11.3 Å². The highest BCUT2D eigenvalue weighted by Gasteiger charge is 2.52. The first-order chi connectivity index (χ1) is 13.3. The summed E-state index contributed by atoms with van der Waals surface area (Å²) in [7, 11) is 1.37. The average Bonchev–Trinajstić information content (AvgIpc) is 3.18. The maximum Gasteiger partial charge on any atom is 0.498 e. The number of nitriles is 1. The van der Waals surface area contributed by atoms with Crippen molar-refractivity contribution < 1.29 is 9.31 Å². The minimum atomic E-state index is -0.491. The molecule has 4 heterocycles. The molecular formula is C20H22BN5O2. The van der Waals surface area contributed by atoms with Gasteiger partial charge in [0.2, 0.25) is 0 Å². The van der Waals surface area contributed by atoms with Gasteiger partial charge in [0.25, 0.3) is 0 Å². The Morgan fingerprint density at radius 1 is 1.11 bits per heavy atom. The van der Waals surface area contributed by atoms with Crippen molar-refractivity contribution in [2.24, 2.45) is 0 Å². The zero-order valence-electron chi connectivity index (χ0n) is 16.6. The summed E-state index contributed by atoms with van der Waals surface area (Å²) in [4.78, 5) is 4.64. The number of hydrogen-bond donors (Lipinski definition) is 1. The van der Waals surface area contributed by atoms with Gasteiger partial charge in [-0.25, -0.2) is 4.52 Å². The lowest BCUT2D eigenvalue weighted by molar-refractivity contribution is 0.00578. The zero-order chi connectivity index (χ0) is 20.1. The molecule has 0 unspecified atom stereocenters. The SMILES string of the molecule is CNc1cc(-c2ccc3cc(C#N)cnn23)ncc1B1OC(C)(C)C(C)(C)O1. The molecule has 1 N–H and O–H groups in total. The second kappa shape index (κ2) is 6.33. The zero-order valence-corrected chi connectivity index (χ0v) is 16.6. The maximum absolute atomic E-state index is 9.05. The molecule has 0 spiro atoms. The van der Waals surface area contributed by atoms with Gasteiger partial charge in [0.05, 0.1) is 39.9 Å². The molecule has 142 valence electrons. The van der Waals surface area contributed by atoms with Gasteiger partial charge in [-0.3, -0.25) is 4.98 Å². The Balaban J connectivity index is 1.74. The number of rotatable bonds is 3. The van der Waals surface area contributed by atoms with E-state index < -0.39 is 18.3 Å². The van der Waals surface area contributed by atoms with Crippen LogP contribution in [0.2, 0.25) is 0 Å². The molecule has 0 radical (unpaired) electrons. The van der Waals surface area contributed by atoms with Crippen LogP contribution in [0.5, 0.6) is 0 Å². The smallest absolute Gasteiger partial charge is 0.399 e. The fraction of sp³-hybridized carbons (Fsp3) is 0.350. The molecule has 0 bridgehead atoms. The molecule has 0 amide bonds. The van der Waals surface area contributed by atoms with E-state index in [1.807, 2.05) is 52.9 Å². The molecule has 3 aromatic rings. The summed E-state index contributed by atoms with van der Waals surface area (Å²) in [5.41, 5.74) is 3.88. The number of nitrogens with one attached hydrogen (secondary N) is 1. The predicted octanol–water partition coefficient (Wildman–Crippen LogP) is 2.61. The van der Waals surface area contributed by atoms with Crippen LogP contribution in [0.4, 0.5) is 5.69 Å². The Morgan fingerprint density at radius 3 is 2.46 bits per heavy atom. The number of aromatic nitrogens is 3. The van der Waals surface area contributed by atoms with Gasteiger partial charge in [0.1, 0.15) is 6.07 Å². The lowest BCUT2D eigenvalue weighted by Crippen LogP contribution is -2.41. The number of hydrogen-bond acceptors (Lipinski definition) is 6. The summed E-state index contributed by atoms with van der Waals surface area (Å²) in [6.07, 6.45) is 3.33. The van der Waals surface area contributed by atoms with Crippen LogP contribution >= 0.6 is 0 Å². The molecule has 1 aliphatic rings. The van der Waals surface area contributed by atoms with Gasteiger partial charge < -0.3 is 14.6 Å². The van der Waals surface area contributed by atoms with Gasteiger partial charge in [0, 0.05) is 24.4 Å². The molecule has 0 aromatic carbocycles. The molecule has 1 saturated heterocycles. The quantitative estimate of drug-likeness (QED) is 0.709. The summed E-state index contributed by atoms with van der Waals surface area (Å²) in [6.45, 7) is 8.12. The van der Waals surface area contributed by atoms with Crippen molar-refractivity contribution in [2.75, 3.05) is 12.4 Å². The molecule has 7 nitrogen and oxygen atoms in total. The van der Waals surface area contributed by atoms with E-state index in [9.17, 15) is 0 Å². The number of fused-ring (bicyclic) bond motifs is 1. The Kier molecular flexibility index (Phi) is 4.18. The minimum Gasteiger partial charge on any atom is -0.399 e. The minimum absolute atomic E-state index is 0.415. The Morgan fingerprint density at radius 2 is 1.82 bits per heavy atom. The highest BCUT2D eigenvalue weighted by atomic mass is 16.7. The molecule has 0 saturated carbocycles. The van der Waals surface area contributed by atoms with Gasteiger partial charge >= 0.3 is 7.12 Å². The van der Waals surface area contributed by atoms with Crippen molar-refractivity contribution in [1.29, 1.82) is 5.26 Å². The van der Waals surface area contributed by atoms with Crippen molar-refractivity contribution in [1.82, 2.24) is 14.6 Å². The fourth-order valence-corrected chi connectivity index (χ4v) is 3.23. The molecule has 1 aliphatic heterocycles. The molecule has 28 heavy (non-hydrogen) atoms. The van der Waals surface area contributed by atoms with Crippen LogP contribution in [0.3, 0.4) is 0 Å². The van der Waals surface area contributed by atoms with Crippen molar-refractivity contribution in [2.45, 2.75) is 38.9 Å². The average molecular weight is 375 g/mol. The fourth-order valence-electron chi connectivity index (χ4n) is 3.23. The van der Waals surface area contributed by atoms with E-state index in [0.29, 0.717) is 5.56 Å². The van der Waals surface area contributed by atoms with E-state index >= 15 is 0 Å². The monoisotopic (exact) mass is 375 g/mol. The van der Waals surface area contributed by atoms with E-state index in [2.05, 4.69) is 21.5 Å². The summed E-state index contributed by atoms with van der Waals surface area (Å²) in [5.74, 6) is 0. The van der Waals surface area contributed by atoms with Gasteiger partial charge in [-0.1, -0.05) is 0 Å². The molecule has 0 aliphatic carbocycles. The van der Waals surface area contributed by atoms with Crippen LogP contribution in [0.25, 0.3) is 16.9 Å². The van der Waals surface area contributed by atoms with Gasteiger partial charge in [0.15, 0.2) is 0 Å². The van der Waals surface area contributed by atoms with Crippen LogP contribution in [0.15, 0.2) is 36.7 Å². The third-order valence-electron chi connectivity index (χ3n) is 5.60. The van der Waals surface area contributed by atoms with Crippen LogP contribution in [-0.2, 0) is 9.31 Å². The molecule has 4 rings (SSSR count). The first-order valence-corrected chi connectivity index (χ1v) is 9.17. The largest absolute Gasteiger partial charge is 0.498 e. The number of nitrogens with zero attached hydrogens (tertiary/aromatic N) is 4. The maximum atomic E-state index is 9.05. The highest BCUT2D eigenvalue weighted by Crippen LogP contribution is 2.37. The lowest BCUT2D eigenvalue weighted by Gasteiger charge is -2.32. The van der Waals surface area contributed by atoms with Crippen molar-refractivity contribution in [3.63, 3.8) is 0 Å². The number of anilines is 1. The molecule has 3 aromatic heterocycles. The summed E-state index contributed by atoms with van der Waals surface area (Å²) < 4.78 is 14.1. The Bertz CT molecular complexity index is 1080. The van der Waals surface area contributed by atoms with E-state index in [0.717, 1.165) is 28.1 Å². The van der Waals surface area contributed by atoms with E-state index in [-0.39, 0.29) is 0 Å². The summed E-state index contributed by atoms with van der Waals surface area (Å²) in [6, 6.07) is 9.74. The van der Waals surface area contributed by atoms with E-state index in [4.69, 9.17) is 14.6 Å². The van der Waals surface area contributed by atoms with Gasteiger partial charge in [-0.2, -0.15) is 10.4 Å². The third kappa shape index (κ3) is 2.84. The van der Waals surface area contributed by atoms with Crippen LogP contribution in [-0.4, -0.2) is 40.0 Å². The molecular weight excluding hydrogens is 353 g/mol. The molecule has 0 atom stereocenters. The first-order valence-electron chi connectivity index (χ1n) is 9.17. The van der Waals surface area contributed by atoms with Crippen molar-refractivity contribution in [3.8, 4) is 17.5 Å². The molecule has 1 fully saturated rings. The third-order valence-corrected chi connectivity index (χ3v) is 5.60. The highest BCUT2D eigenvalue weighted by molar-refractivity contribution is 6.63. The molecule has 8 heteroatoms. The summed E-state index contributed by atoms with van der Waals surface area (Å²) in [5, 5.41) is 16.6. The summed E-state index contributed by atoms with van der Waals surface area (Å²) >= 11 is 0. The standard InChI is InChI=1S/C20H22BN5O2/c1-19(2)20(3,4)28-21(27-19)15-12-24-17(9-16(15)23-5)18-7-6-14-8-13(10-22)11-25-26(14)18/h6-9,11-12H,1-5H3,(H,23,24). The van der Waals surface area contributed by atoms with Gasteiger partial charge in [-0.05, 0) is 52.0 Å². The predicted molar refractivity (Wildman–Crippen MR) is 108 cm³/mol. The van der Waals surface area contributed by atoms with Crippen molar-refractivity contribution >= 4 is 23.8 Å². The van der Waals surface area contributed by atoms with Crippen LogP contribution in [0.1, 0.15) is 33.3 Å². The Labute approximate surface area is 164 Å². The first kappa shape index (κ1) is 18.5. The van der Waals surface area contributed by atoms with E-state index in [1.165, 1.54) is 0 Å². The number of pyridine rings is 1.